The molecule has 1 heterocycles. The molecule has 0 atom stereocenters. The summed E-state index contributed by atoms with van der Waals surface area (Å²) >= 11 is 0. The minimum Gasteiger partial charge on any atom is -0.399 e. The van der Waals surface area contributed by atoms with Crippen LogP contribution in [0.4, 0.5) is 5.69 Å². The number of benzene rings is 1. The molecule has 1 aromatic rings. The molecule has 0 unspecified atom stereocenters. The van der Waals surface area contributed by atoms with Crippen molar-refractivity contribution in [1.82, 2.24) is 0 Å². The Morgan fingerprint density at radius 1 is 1.10 bits per heavy atom. The molecule has 2 rings (SSSR count). The average Bonchev–Trinajstić information content (AvgIpc) is 2.46. The van der Waals surface area contributed by atoms with Gasteiger partial charge in [-0.15, -0.1) is 0 Å². The van der Waals surface area contributed by atoms with E-state index in [0.717, 1.165) is 5.46 Å². The fourth-order valence-electron chi connectivity index (χ4n) is 1.96. The number of hydrogen-bond donors (Lipinski definition) is 0. The number of hydrogen-bond acceptors (Lipinski definition) is 4. The number of rotatable bonds is 2. The number of nitrogens with zero attached hydrogens (tertiary/aromatic N) is 1. The van der Waals surface area contributed by atoms with Crippen molar-refractivity contribution in [1.29, 1.82) is 0 Å². The first kappa shape index (κ1) is 15.5. The van der Waals surface area contributed by atoms with Gasteiger partial charge in [-0.25, -0.2) is 4.21 Å². The van der Waals surface area contributed by atoms with Crippen molar-refractivity contribution in [2.45, 2.75) is 38.9 Å². The standard InChI is InChI=1S/C14H22BNO3S/c1-13(2)14(3,4)19-15(18-13)11-8-7-9-12(10-11)16-20(5,6)17/h7-10H,1-6H3. The summed E-state index contributed by atoms with van der Waals surface area (Å²) < 4.78 is 28.0. The summed E-state index contributed by atoms with van der Waals surface area (Å²) in [6.45, 7) is 8.08. The Morgan fingerprint density at radius 2 is 1.65 bits per heavy atom. The van der Waals surface area contributed by atoms with Crippen LogP contribution in [0.15, 0.2) is 28.6 Å². The highest BCUT2D eigenvalue weighted by Gasteiger charge is 2.51. The first-order valence-corrected chi connectivity index (χ1v) is 8.96. The van der Waals surface area contributed by atoms with E-state index < -0.39 is 16.8 Å². The minimum absolute atomic E-state index is 0.367. The smallest absolute Gasteiger partial charge is 0.399 e. The van der Waals surface area contributed by atoms with E-state index in [2.05, 4.69) is 4.36 Å². The van der Waals surface area contributed by atoms with Gasteiger partial charge in [0.1, 0.15) is 0 Å². The molecule has 0 N–H and O–H groups in total. The molecule has 1 aromatic carbocycles. The maximum Gasteiger partial charge on any atom is 0.494 e. The van der Waals surface area contributed by atoms with Crippen LogP contribution in [-0.2, 0) is 19.0 Å². The second-order valence-electron chi connectivity index (χ2n) is 6.46. The molecule has 110 valence electrons. The molecule has 0 aliphatic carbocycles. The highest BCUT2D eigenvalue weighted by molar-refractivity contribution is 7.92. The third kappa shape index (κ3) is 3.24. The summed E-state index contributed by atoms with van der Waals surface area (Å²) in [5.41, 5.74) is 0.850. The Balaban J connectivity index is 2.33. The van der Waals surface area contributed by atoms with Crippen LogP contribution in [0.1, 0.15) is 27.7 Å². The predicted molar refractivity (Wildman–Crippen MR) is 84.2 cm³/mol. The van der Waals surface area contributed by atoms with Crippen molar-refractivity contribution in [3.63, 3.8) is 0 Å². The maximum absolute atomic E-state index is 11.8. The molecule has 6 heteroatoms. The Morgan fingerprint density at radius 3 is 2.15 bits per heavy atom. The molecule has 1 aliphatic rings. The van der Waals surface area contributed by atoms with Gasteiger partial charge in [-0.2, -0.15) is 4.36 Å². The zero-order valence-electron chi connectivity index (χ0n) is 13.0. The molecule has 20 heavy (non-hydrogen) atoms. The molecule has 4 nitrogen and oxygen atoms in total. The van der Waals surface area contributed by atoms with E-state index in [9.17, 15) is 4.21 Å². The zero-order valence-corrected chi connectivity index (χ0v) is 13.8. The summed E-state index contributed by atoms with van der Waals surface area (Å²) in [7, 11) is -2.59. The lowest BCUT2D eigenvalue weighted by atomic mass is 9.79. The van der Waals surface area contributed by atoms with E-state index in [4.69, 9.17) is 9.31 Å². The lowest BCUT2D eigenvalue weighted by Crippen LogP contribution is -2.41. The summed E-state index contributed by atoms with van der Waals surface area (Å²) in [6, 6.07) is 7.52. The summed E-state index contributed by atoms with van der Waals surface area (Å²) in [5.74, 6) is 0. The third-order valence-electron chi connectivity index (χ3n) is 3.72. The zero-order chi connectivity index (χ0) is 15.2. The largest absolute Gasteiger partial charge is 0.494 e. The highest BCUT2D eigenvalue weighted by atomic mass is 32.2. The van der Waals surface area contributed by atoms with Crippen molar-refractivity contribution in [3.8, 4) is 0 Å². The van der Waals surface area contributed by atoms with Gasteiger partial charge in [-0.1, -0.05) is 12.1 Å². The molecule has 0 radical (unpaired) electrons. The van der Waals surface area contributed by atoms with E-state index in [0.29, 0.717) is 5.69 Å². The van der Waals surface area contributed by atoms with Gasteiger partial charge in [0.15, 0.2) is 0 Å². The lowest BCUT2D eigenvalue weighted by Gasteiger charge is -2.32. The maximum atomic E-state index is 11.8. The lowest BCUT2D eigenvalue weighted by molar-refractivity contribution is 0.00578. The van der Waals surface area contributed by atoms with Crippen LogP contribution in [0.3, 0.4) is 0 Å². The van der Waals surface area contributed by atoms with Crippen LogP contribution < -0.4 is 5.46 Å². The van der Waals surface area contributed by atoms with Gasteiger partial charge in [0.25, 0.3) is 0 Å². The van der Waals surface area contributed by atoms with E-state index in [1.165, 1.54) is 0 Å². The van der Waals surface area contributed by atoms with Crippen molar-refractivity contribution in [2.75, 3.05) is 12.5 Å². The molecular formula is C14H22BNO3S. The second kappa shape index (κ2) is 4.86. The molecule has 1 aliphatic heterocycles. The summed E-state index contributed by atoms with van der Waals surface area (Å²) in [5, 5.41) is 0. The fraction of sp³-hybridized carbons (Fsp3) is 0.571. The van der Waals surface area contributed by atoms with Crippen LogP contribution in [-0.4, -0.2) is 35.0 Å². The average molecular weight is 295 g/mol. The van der Waals surface area contributed by atoms with Crippen LogP contribution in [0.5, 0.6) is 0 Å². The molecule has 0 aromatic heterocycles. The van der Waals surface area contributed by atoms with Gasteiger partial charge in [0.05, 0.1) is 16.9 Å². The van der Waals surface area contributed by atoms with Crippen LogP contribution in [0.25, 0.3) is 0 Å². The first-order valence-electron chi connectivity index (χ1n) is 6.63. The Kier molecular flexibility index (Phi) is 3.78. The van der Waals surface area contributed by atoms with Crippen LogP contribution in [0.2, 0.25) is 0 Å². The molecule has 1 fully saturated rings. The monoisotopic (exact) mass is 295 g/mol. The van der Waals surface area contributed by atoms with Crippen molar-refractivity contribution < 1.29 is 13.5 Å². The summed E-state index contributed by atoms with van der Waals surface area (Å²) in [4.78, 5) is 0. The molecular weight excluding hydrogens is 273 g/mol. The summed E-state index contributed by atoms with van der Waals surface area (Å²) in [6.07, 6.45) is 3.24. The predicted octanol–water partition coefficient (Wildman–Crippen LogP) is 2.34. The quantitative estimate of drug-likeness (QED) is 0.787. The minimum atomic E-state index is -2.17. The Labute approximate surface area is 122 Å². The Hall–Kier alpha value is -0.845. The van der Waals surface area contributed by atoms with Crippen molar-refractivity contribution in [2.24, 2.45) is 4.36 Å². The fourth-order valence-corrected chi connectivity index (χ4v) is 2.58. The third-order valence-corrected chi connectivity index (χ3v) is 4.37. The van der Waals surface area contributed by atoms with E-state index in [1.807, 2.05) is 52.0 Å². The molecule has 0 bridgehead atoms. The van der Waals surface area contributed by atoms with Gasteiger partial charge >= 0.3 is 7.12 Å². The first-order chi connectivity index (χ1) is 9.00. The van der Waals surface area contributed by atoms with Crippen LogP contribution in [0, 0.1) is 0 Å². The molecule has 1 saturated heterocycles. The Bertz CT molecular complexity index is 609. The molecule has 0 spiro atoms. The van der Waals surface area contributed by atoms with Crippen LogP contribution >= 0.6 is 0 Å². The molecule has 0 saturated carbocycles. The van der Waals surface area contributed by atoms with Gasteiger partial charge < -0.3 is 9.31 Å². The van der Waals surface area contributed by atoms with E-state index in [1.54, 1.807) is 12.5 Å². The van der Waals surface area contributed by atoms with Gasteiger partial charge in [0.2, 0.25) is 0 Å². The van der Waals surface area contributed by atoms with E-state index in [-0.39, 0.29) is 11.2 Å². The van der Waals surface area contributed by atoms with Crippen molar-refractivity contribution in [3.05, 3.63) is 24.3 Å². The van der Waals surface area contributed by atoms with Crippen molar-refractivity contribution >= 4 is 28.0 Å². The van der Waals surface area contributed by atoms with E-state index >= 15 is 0 Å². The van der Waals surface area contributed by atoms with Gasteiger partial charge in [0, 0.05) is 22.2 Å². The topological polar surface area (TPSA) is 47.9 Å². The normalized spacial score (nSPS) is 21.0. The molecule has 0 amide bonds. The SMILES string of the molecule is CC1(C)OB(c2cccc(N=S(C)(C)=O)c2)OC1(C)C. The highest BCUT2D eigenvalue weighted by Crippen LogP contribution is 2.36. The second-order valence-corrected chi connectivity index (χ2v) is 9.00. The van der Waals surface area contributed by atoms with Gasteiger partial charge in [-0.05, 0) is 45.3 Å². The van der Waals surface area contributed by atoms with Gasteiger partial charge in [-0.3, -0.25) is 0 Å².